The van der Waals surface area contributed by atoms with E-state index in [9.17, 15) is 4.79 Å². The van der Waals surface area contributed by atoms with Gasteiger partial charge in [0.1, 0.15) is 0 Å². The van der Waals surface area contributed by atoms with E-state index in [4.69, 9.17) is 0 Å². The van der Waals surface area contributed by atoms with Gasteiger partial charge in [-0.1, -0.05) is 31.2 Å². The molecule has 2 rings (SSSR count). The van der Waals surface area contributed by atoms with Gasteiger partial charge in [-0.25, -0.2) is 0 Å². The standard InChI is InChI=1S/C14H13IOS/c1-2-10-3-5-11(6-4-10)7-13(16)12-8-14(15)17-9-12/h3-6,8-9H,2,7H2,1H3. The van der Waals surface area contributed by atoms with E-state index in [0.717, 1.165) is 20.4 Å². The minimum atomic E-state index is 0.202. The average Bonchev–Trinajstić information content (AvgIpc) is 2.77. The van der Waals surface area contributed by atoms with Gasteiger partial charge in [-0.15, -0.1) is 11.3 Å². The van der Waals surface area contributed by atoms with Crippen molar-refractivity contribution in [3.8, 4) is 0 Å². The highest BCUT2D eigenvalue weighted by Crippen LogP contribution is 2.18. The molecule has 0 amide bonds. The van der Waals surface area contributed by atoms with Gasteiger partial charge < -0.3 is 0 Å². The molecule has 1 heterocycles. The number of benzene rings is 1. The van der Waals surface area contributed by atoms with E-state index in [2.05, 4.69) is 41.6 Å². The Kier molecular flexibility index (Phi) is 4.34. The second-order valence-electron chi connectivity index (χ2n) is 3.91. The van der Waals surface area contributed by atoms with Crippen LogP contribution >= 0.6 is 33.9 Å². The van der Waals surface area contributed by atoms with Crippen LogP contribution in [0.1, 0.15) is 28.4 Å². The molecule has 0 radical (unpaired) electrons. The summed E-state index contributed by atoms with van der Waals surface area (Å²) in [6.07, 6.45) is 1.54. The Balaban J connectivity index is 2.07. The maximum atomic E-state index is 12.0. The molecule has 0 spiro atoms. The monoisotopic (exact) mass is 356 g/mol. The largest absolute Gasteiger partial charge is 0.294 e. The van der Waals surface area contributed by atoms with Gasteiger partial charge in [-0.2, -0.15) is 0 Å². The molecule has 0 unspecified atom stereocenters. The highest BCUT2D eigenvalue weighted by Gasteiger charge is 2.08. The van der Waals surface area contributed by atoms with E-state index in [1.54, 1.807) is 11.3 Å². The third kappa shape index (κ3) is 3.39. The van der Waals surface area contributed by atoms with Gasteiger partial charge >= 0.3 is 0 Å². The zero-order valence-corrected chi connectivity index (χ0v) is 12.5. The maximum absolute atomic E-state index is 12.0. The van der Waals surface area contributed by atoms with E-state index in [1.807, 2.05) is 23.6 Å². The first-order valence-electron chi connectivity index (χ1n) is 5.54. The summed E-state index contributed by atoms with van der Waals surface area (Å²) in [6.45, 7) is 2.13. The van der Waals surface area contributed by atoms with Crippen molar-refractivity contribution < 1.29 is 4.79 Å². The van der Waals surface area contributed by atoms with Gasteiger partial charge in [0, 0.05) is 17.4 Å². The van der Waals surface area contributed by atoms with E-state index in [1.165, 1.54) is 5.56 Å². The van der Waals surface area contributed by atoms with E-state index in [-0.39, 0.29) is 5.78 Å². The second-order valence-corrected chi connectivity index (χ2v) is 6.71. The average molecular weight is 356 g/mol. The molecule has 1 nitrogen and oxygen atoms in total. The summed E-state index contributed by atoms with van der Waals surface area (Å²) >= 11 is 3.86. The number of ketones is 1. The molecular formula is C14H13IOS. The van der Waals surface area contributed by atoms with Crippen LogP contribution in [-0.4, -0.2) is 5.78 Å². The zero-order valence-electron chi connectivity index (χ0n) is 9.57. The number of hydrogen-bond donors (Lipinski definition) is 0. The third-order valence-corrected chi connectivity index (χ3v) is 4.47. The lowest BCUT2D eigenvalue weighted by molar-refractivity contribution is 0.0993. The molecule has 0 aliphatic carbocycles. The smallest absolute Gasteiger partial charge is 0.168 e. The second kappa shape index (κ2) is 5.78. The summed E-state index contributed by atoms with van der Waals surface area (Å²) in [4.78, 5) is 12.0. The van der Waals surface area contributed by atoms with Crippen molar-refractivity contribution >= 4 is 39.7 Å². The molecule has 3 heteroatoms. The molecule has 0 fully saturated rings. The summed E-state index contributed by atoms with van der Waals surface area (Å²) < 4.78 is 1.16. The van der Waals surface area contributed by atoms with Crippen LogP contribution in [0.4, 0.5) is 0 Å². The third-order valence-electron chi connectivity index (χ3n) is 2.69. The lowest BCUT2D eigenvalue weighted by Gasteiger charge is -2.01. The predicted octanol–water partition coefficient (Wildman–Crippen LogP) is 4.34. The number of aryl methyl sites for hydroxylation is 1. The minimum Gasteiger partial charge on any atom is -0.294 e. The first-order chi connectivity index (χ1) is 8.19. The number of halogens is 1. The topological polar surface area (TPSA) is 17.1 Å². The molecule has 0 saturated heterocycles. The van der Waals surface area contributed by atoms with Crippen molar-refractivity contribution in [3.05, 3.63) is 55.3 Å². The molecule has 17 heavy (non-hydrogen) atoms. The van der Waals surface area contributed by atoms with Crippen molar-refractivity contribution in [1.82, 2.24) is 0 Å². The Morgan fingerprint density at radius 1 is 1.24 bits per heavy atom. The van der Waals surface area contributed by atoms with Crippen LogP contribution in [0.15, 0.2) is 35.7 Å². The summed E-state index contributed by atoms with van der Waals surface area (Å²) in [5.41, 5.74) is 3.23. The SMILES string of the molecule is CCc1ccc(CC(=O)c2csc(I)c2)cc1. The lowest BCUT2D eigenvalue weighted by atomic mass is 10.0. The predicted molar refractivity (Wildman–Crippen MR) is 80.9 cm³/mol. The number of carbonyl (C=O) groups is 1. The van der Waals surface area contributed by atoms with Crippen LogP contribution in [0.2, 0.25) is 0 Å². The Hall–Kier alpha value is -0.680. The van der Waals surface area contributed by atoms with Gasteiger partial charge in [0.05, 0.1) is 2.88 Å². The Morgan fingerprint density at radius 3 is 2.41 bits per heavy atom. The summed E-state index contributed by atoms with van der Waals surface area (Å²) in [5.74, 6) is 0.202. The molecule has 0 atom stereocenters. The van der Waals surface area contributed by atoms with Crippen LogP contribution in [0, 0.1) is 2.88 Å². The first kappa shape index (κ1) is 12.8. The summed E-state index contributed by atoms with van der Waals surface area (Å²) in [5, 5.41) is 1.94. The Bertz CT molecular complexity index is 513. The van der Waals surface area contributed by atoms with Gasteiger partial charge in [0.15, 0.2) is 5.78 Å². The van der Waals surface area contributed by atoms with Crippen LogP contribution < -0.4 is 0 Å². The minimum absolute atomic E-state index is 0.202. The van der Waals surface area contributed by atoms with Crippen LogP contribution in [0.5, 0.6) is 0 Å². The molecule has 0 aliphatic heterocycles. The van der Waals surface area contributed by atoms with Crippen molar-refractivity contribution in [1.29, 1.82) is 0 Å². The highest BCUT2D eigenvalue weighted by molar-refractivity contribution is 14.1. The number of carbonyl (C=O) groups excluding carboxylic acids is 1. The van der Waals surface area contributed by atoms with Crippen molar-refractivity contribution in [2.75, 3.05) is 0 Å². The lowest BCUT2D eigenvalue weighted by Crippen LogP contribution is -2.01. The van der Waals surface area contributed by atoms with Gasteiger partial charge in [0.25, 0.3) is 0 Å². The zero-order chi connectivity index (χ0) is 12.3. The first-order valence-corrected chi connectivity index (χ1v) is 7.50. The van der Waals surface area contributed by atoms with Crippen LogP contribution in [0.3, 0.4) is 0 Å². The molecule has 2 aromatic rings. The maximum Gasteiger partial charge on any atom is 0.168 e. The summed E-state index contributed by atoms with van der Waals surface area (Å²) in [7, 11) is 0. The number of rotatable bonds is 4. The fourth-order valence-electron chi connectivity index (χ4n) is 1.64. The molecule has 0 N–H and O–H groups in total. The van der Waals surface area contributed by atoms with Crippen molar-refractivity contribution in [3.63, 3.8) is 0 Å². The van der Waals surface area contributed by atoms with Gasteiger partial charge in [-0.05, 0) is 46.2 Å². The quantitative estimate of drug-likeness (QED) is 0.588. The highest BCUT2D eigenvalue weighted by atomic mass is 127. The van der Waals surface area contributed by atoms with Gasteiger partial charge in [0.2, 0.25) is 0 Å². The van der Waals surface area contributed by atoms with Crippen molar-refractivity contribution in [2.24, 2.45) is 0 Å². The Morgan fingerprint density at radius 2 is 1.88 bits per heavy atom. The van der Waals surface area contributed by atoms with Gasteiger partial charge in [-0.3, -0.25) is 4.79 Å². The van der Waals surface area contributed by atoms with Crippen molar-refractivity contribution in [2.45, 2.75) is 19.8 Å². The molecular weight excluding hydrogens is 343 g/mol. The van der Waals surface area contributed by atoms with Crippen LogP contribution in [0.25, 0.3) is 0 Å². The Labute approximate surface area is 119 Å². The molecule has 0 saturated carbocycles. The normalized spacial score (nSPS) is 10.5. The fourth-order valence-corrected chi connectivity index (χ4v) is 2.99. The molecule has 1 aromatic heterocycles. The fraction of sp³-hybridized carbons (Fsp3) is 0.214. The number of Topliss-reactive ketones (excluding diaryl/α,β-unsaturated/α-hetero) is 1. The van der Waals surface area contributed by atoms with E-state index >= 15 is 0 Å². The molecule has 1 aromatic carbocycles. The molecule has 0 aliphatic rings. The summed E-state index contributed by atoms with van der Waals surface area (Å²) in [6, 6.07) is 10.2. The molecule has 0 bridgehead atoms. The van der Waals surface area contributed by atoms with Crippen LogP contribution in [-0.2, 0) is 12.8 Å². The molecule has 88 valence electrons. The number of thiophene rings is 1. The van der Waals surface area contributed by atoms with E-state index < -0.39 is 0 Å². The van der Waals surface area contributed by atoms with E-state index in [0.29, 0.717) is 6.42 Å². The number of hydrogen-bond acceptors (Lipinski definition) is 2.